The van der Waals surface area contributed by atoms with Crippen LogP contribution in [-0.2, 0) is 21.1 Å². The smallest absolute Gasteiger partial charge is 0.338 e. The van der Waals surface area contributed by atoms with Crippen LogP contribution >= 0.6 is 24.2 Å². The van der Waals surface area contributed by atoms with Gasteiger partial charge in [-0.2, -0.15) is 0 Å². The Hall–Kier alpha value is -2.78. The maximum Gasteiger partial charge on any atom is 0.338 e. The van der Waals surface area contributed by atoms with Crippen molar-refractivity contribution >= 4 is 50.9 Å². The molecule has 0 saturated carbocycles. The Kier molecular flexibility index (Phi) is 8.09. The van der Waals surface area contributed by atoms with Crippen molar-refractivity contribution in [3.63, 3.8) is 0 Å². The summed E-state index contributed by atoms with van der Waals surface area (Å²) >= 11 is 1.28. The van der Waals surface area contributed by atoms with E-state index in [0.29, 0.717) is 16.0 Å². The van der Waals surface area contributed by atoms with Crippen LogP contribution in [0.25, 0.3) is 10.9 Å². The van der Waals surface area contributed by atoms with Gasteiger partial charge in [0.2, 0.25) is 9.84 Å². The second kappa shape index (κ2) is 10.7. The van der Waals surface area contributed by atoms with E-state index in [1.165, 1.54) is 18.9 Å². The summed E-state index contributed by atoms with van der Waals surface area (Å²) in [5.74, 6) is -0.444. The quantitative estimate of drug-likeness (QED) is 0.208. The lowest BCUT2D eigenvalue weighted by Crippen LogP contribution is -2.14. The fourth-order valence-corrected chi connectivity index (χ4v) is 6.70. The van der Waals surface area contributed by atoms with E-state index < -0.39 is 15.8 Å². The number of nitrogens with zero attached hydrogens (tertiary/aromatic N) is 1. The number of sulfone groups is 1. The van der Waals surface area contributed by atoms with E-state index in [-0.39, 0.29) is 34.1 Å². The number of carbonyl (C=O) groups excluding carboxylic acids is 1. The number of hydrogen-bond donors (Lipinski definition) is 1. The molecule has 0 saturated heterocycles. The molecule has 0 aliphatic carbocycles. The SMILES string of the molecule is COC(=O)c1ccccc1Cn1c(SC(C)N)c(S(=O)(=O)c2ccccc2)c2ccccc21.Cl. The molecule has 0 bridgehead atoms. The highest BCUT2D eigenvalue weighted by Gasteiger charge is 2.30. The topological polar surface area (TPSA) is 91.4 Å². The number of ether oxygens (including phenoxy) is 1. The number of nitrogens with two attached hydrogens (primary N) is 1. The summed E-state index contributed by atoms with van der Waals surface area (Å²) in [6.07, 6.45) is 0. The van der Waals surface area contributed by atoms with Crippen molar-refractivity contribution in [2.24, 2.45) is 5.73 Å². The molecule has 0 fully saturated rings. The number of fused-ring (bicyclic) bond motifs is 1. The molecule has 6 nitrogen and oxygen atoms in total. The van der Waals surface area contributed by atoms with Crippen molar-refractivity contribution in [1.82, 2.24) is 4.57 Å². The minimum atomic E-state index is -3.83. The van der Waals surface area contributed by atoms with Gasteiger partial charge in [0.1, 0.15) is 4.90 Å². The van der Waals surface area contributed by atoms with Gasteiger partial charge in [0.25, 0.3) is 0 Å². The molecule has 3 aromatic carbocycles. The normalized spacial score (nSPS) is 12.2. The number of thioether (sulfide) groups is 1. The molecule has 1 atom stereocenters. The minimum absolute atomic E-state index is 0. The van der Waals surface area contributed by atoms with Crippen molar-refractivity contribution in [2.45, 2.75) is 33.7 Å². The number of carbonyl (C=O) groups is 1. The van der Waals surface area contributed by atoms with Crippen LogP contribution in [0, 0.1) is 0 Å². The molecule has 4 aromatic rings. The van der Waals surface area contributed by atoms with Gasteiger partial charge in [-0.3, -0.25) is 0 Å². The van der Waals surface area contributed by atoms with Crippen molar-refractivity contribution in [2.75, 3.05) is 7.11 Å². The Labute approximate surface area is 209 Å². The Bertz CT molecular complexity index is 1420. The molecule has 4 rings (SSSR count). The van der Waals surface area contributed by atoms with E-state index in [1.807, 2.05) is 41.8 Å². The largest absolute Gasteiger partial charge is 0.465 e. The molecule has 0 aliphatic rings. The summed E-state index contributed by atoms with van der Waals surface area (Å²) in [7, 11) is -2.49. The third-order valence-electron chi connectivity index (χ3n) is 5.25. The molecular formula is C25H25ClN2O4S2. The van der Waals surface area contributed by atoms with E-state index in [2.05, 4.69) is 0 Å². The van der Waals surface area contributed by atoms with Gasteiger partial charge in [-0.25, -0.2) is 13.2 Å². The summed E-state index contributed by atoms with van der Waals surface area (Å²) in [5.41, 5.74) is 8.04. The number of para-hydroxylation sites is 1. The maximum absolute atomic E-state index is 13.8. The molecule has 2 N–H and O–H groups in total. The minimum Gasteiger partial charge on any atom is -0.465 e. The zero-order chi connectivity index (χ0) is 23.6. The summed E-state index contributed by atoms with van der Waals surface area (Å²) in [4.78, 5) is 12.8. The molecular weight excluding hydrogens is 492 g/mol. The third kappa shape index (κ3) is 4.86. The standard InChI is InChI=1S/C25H24N2O4S2.ClH/c1-17(26)32-24-23(33(29,30)19-11-4-3-5-12-19)21-14-8-9-15-22(21)27(24)16-18-10-6-7-13-20(18)25(28)31-2;/h3-15,17H,16,26H2,1-2H3;1H. The average Bonchev–Trinajstić information content (AvgIpc) is 3.12. The maximum atomic E-state index is 13.8. The van der Waals surface area contributed by atoms with Crippen molar-refractivity contribution in [1.29, 1.82) is 0 Å². The van der Waals surface area contributed by atoms with Gasteiger partial charge in [-0.1, -0.05) is 66.4 Å². The van der Waals surface area contributed by atoms with Crippen LogP contribution in [0.4, 0.5) is 0 Å². The van der Waals surface area contributed by atoms with Gasteiger partial charge in [0.15, 0.2) is 0 Å². The van der Waals surface area contributed by atoms with Crippen LogP contribution < -0.4 is 5.73 Å². The Morgan fingerprint density at radius 2 is 1.62 bits per heavy atom. The van der Waals surface area contributed by atoms with Gasteiger partial charge in [-0.05, 0) is 36.8 Å². The van der Waals surface area contributed by atoms with Crippen molar-refractivity contribution < 1.29 is 17.9 Å². The van der Waals surface area contributed by atoms with Crippen LogP contribution in [0.1, 0.15) is 22.8 Å². The summed E-state index contributed by atoms with van der Waals surface area (Å²) in [6.45, 7) is 2.10. The van der Waals surface area contributed by atoms with Gasteiger partial charge in [-0.15, -0.1) is 12.4 Å². The lowest BCUT2D eigenvalue weighted by molar-refractivity contribution is 0.0599. The first-order valence-electron chi connectivity index (χ1n) is 10.3. The first-order chi connectivity index (χ1) is 15.8. The number of methoxy groups -OCH3 is 1. The number of hydrogen-bond acceptors (Lipinski definition) is 6. The average molecular weight is 517 g/mol. The van der Waals surface area contributed by atoms with Crippen LogP contribution in [0.2, 0.25) is 0 Å². The molecule has 0 spiro atoms. The van der Waals surface area contributed by atoms with E-state index in [4.69, 9.17) is 10.5 Å². The predicted octanol–water partition coefficient (Wildman–Crippen LogP) is 5.13. The summed E-state index contributed by atoms with van der Waals surface area (Å²) in [6, 6.07) is 22.9. The van der Waals surface area contributed by atoms with E-state index >= 15 is 0 Å². The van der Waals surface area contributed by atoms with Crippen LogP contribution in [-0.4, -0.2) is 31.4 Å². The highest BCUT2D eigenvalue weighted by atomic mass is 35.5. The predicted molar refractivity (Wildman–Crippen MR) is 137 cm³/mol. The van der Waals surface area contributed by atoms with Crippen molar-refractivity contribution in [3.05, 3.63) is 90.0 Å². The number of esters is 1. The molecule has 9 heteroatoms. The molecule has 0 radical (unpaired) electrons. The van der Waals surface area contributed by atoms with Gasteiger partial charge in [0.05, 0.1) is 33.5 Å². The zero-order valence-electron chi connectivity index (χ0n) is 18.7. The number of halogens is 1. The fourth-order valence-electron chi connectivity index (χ4n) is 3.81. The van der Waals surface area contributed by atoms with Gasteiger partial charge >= 0.3 is 5.97 Å². The van der Waals surface area contributed by atoms with Crippen LogP contribution in [0.5, 0.6) is 0 Å². The molecule has 1 heterocycles. The number of rotatable bonds is 7. The van der Waals surface area contributed by atoms with Crippen LogP contribution in [0.15, 0.2) is 93.7 Å². The monoisotopic (exact) mass is 516 g/mol. The summed E-state index contributed by atoms with van der Waals surface area (Å²) < 4.78 is 34.5. The molecule has 0 aliphatic heterocycles. The highest BCUT2D eigenvalue weighted by molar-refractivity contribution is 8.00. The molecule has 34 heavy (non-hydrogen) atoms. The Balaban J connectivity index is 0.00000324. The molecule has 1 unspecified atom stereocenters. The molecule has 0 amide bonds. The first-order valence-corrected chi connectivity index (χ1v) is 12.7. The van der Waals surface area contributed by atoms with E-state index in [9.17, 15) is 13.2 Å². The fraction of sp³-hybridized carbons (Fsp3) is 0.160. The number of aromatic nitrogens is 1. The first kappa shape index (κ1) is 25.8. The zero-order valence-corrected chi connectivity index (χ0v) is 21.1. The lowest BCUT2D eigenvalue weighted by Gasteiger charge is -2.15. The second-order valence-electron chi connectivity index (χ2n) is 7.53. The lowest BCUT2D eigenvalue weighted by atomic mass is 10.1. The van der Waals surface area contributed by atoms with E-state index in [1.54, 1.807) is 48.5 Å². The highest BCUT2D eigenvalue weighted by Crippen LogP contribution is 2.40. The van der Waals surface area contributed by atoms with Crippen molar-refractivity contribution in [3.8, 4) is 0 Å². The third-order valence-corrected chi connectivity index (χ3v) is 8.24. The van der Waals surface area contributed by atoms with Crippen LogP contribution in [0.3, 0.4) is 0 Å². The molecule has 178 valence electrons. The van der Waals surface area contributed by atoms with E-state index in [0.717, 1.165) is 11.1 Å². The number of benzene rings is 3. The summed E-state index contributed by atoms with van der Waals surface area (Å²) in [5, 5.41) is 0.795. The Morgan fingerprint density at radius 3 is 2.29 bits per heavy atom. The van der Waals surface area contributed by atoms with Gasteiger partial charge < -0.3 is 15.0 Å². The van der Waals surface area contributed by atoms with Gasteiger partial charge in [0, 0.05) is 11.9 Å². The second-order valence-corrected chi connectivity index (χ2v) is 10.8. The Morgan fingerprint density at radius 1 is 1.00 bits per heavy atom. The molecule has 1 aromatic heterocycles.